The Morgan fingerprint density at radius 1 is 1.18 bits per heavy atom. The summed E-state index contributed by atoms with van der Waals surface area (Å²) in [6, 6.07) is 0. The van der Waals surface area contributed by atoms with E-state index in [1.54, 1.807) is 19.9 Å². The molecular weight excluding hydrogens is 275 g/mol. The first-order chi connectivity index (χ1) is 10.3. The van der Waals surface area contributed by atoms with Gasteiger partial charge in [-0.3, -0.25) is 4.79 Å². The van der Waals surface area contributed by atoms with E-state index in [9.17, 15) is 9.18 Å². The van der Waals surface area contributed by atoms with Gasteiger partial charge in [-0.05, 0) is 74.3 Å². The van der Waals surface area contributed by atoms with Crippen molar-refractivity contribution < 1.29 is 9.18 Å². The Hall–Kier alpha value is -1.70. The van der Waals surface area contributed by atoms with Crippen LogP contribution in [-0.2, 0) is 4.79 Å². The maximum Gasteiger partial charge on any atom is 0.143 e. The van der Waals surface area contributed by atoms with Gasteiger partial charge in [0.25, 0.3) is 0 Å². The van der Waals surface area contributed by atoms with Gasteiger partial charge in [0.1, 0.15) is 12.1 Å². The Bertz CT molecular complexity index is 569. The van der Waals surface area contributed by atoms with Crippen LogP contribution in [0.5, 0.6) is 0 Å². The summed E-state index contributed by atoms with van der Waals surface area (Å²) in [5.74, 6) is -0.276. The molecule has 0 radical (unpaired) electrons. The average Bonchev–Trinajstić information content (AvgIpc) is 2.43. The molecule has 0 aromatic rings. The molecule has 0 N–H and O–H groups in total. The van der Waals surface area contributed by atoms with Gasteiger partial charge in [0.15, 0.2) is 0 Å². The van der Waals surface area contributed by atoms with Gasteiger partial charge in [-0.25, -0.2) is 4.39 Å². The summed E-state index contributed by atoms with van der Waals surface area (Å²) in [7, 11) is 0. The van der Waals surface area contributed by atoms with E-state index in [1.165, 1.54) is 36.1 Å². The van der Waals surface area contributed by atoms with Crippen LogP contribution in [-0.4, -0.2) is 6.29 Å². The van der Waals surface area contributed by atoms with Gasteiger partial charge in [0.2, 0.25) is 0 Å². The lowest BCUT2D eigenvalue weighted by molar-refractivity contribution is -0.104. The standard InChI is InChI=1S/C20H27FO/c1-15(12-14-22)8-11-19(21)17(3)9-10-18-16(2)7-6-13-20(18,4)5/h8-12,14H,6-7,13H2,1-5H3/b10-9+,11-8-,15-12+,19-17-. The molecule has 1 nitrogen and oxygen atoms in total. The molecule has 2 heteroatoms. The van der Waals surface area contributed by atoms with E-state index in [4.69, 9.17) is 0 Å². The second-order valence-corrected chi connectivity index (χ2v) is 6.68. The van der Waals surface area contributed by atoms with Crippen LogP contribution in [0.15, 0.2) is 58.5 Å². The Labute approximate surface area is 134 Å². The number of carbonyl (C=O) groups is 1. The van der Waals surface area contributed by atoms with Crippen LogP contribution in [0.25, 0.3) is 0 Å². The van der Waals surface area contributed by atoms with Crippen molar-refractivity contribution in [1.82, 2.24) is 0 Å². The lowest BCUT2D eigenvalue weighted by Gasteiger charge is -2.32. The largest absolute Gasteiger partial charge is 0.299 e. The predicted octanol–water partition coefficient (Wildman–Crippen LogP) is 6.01. The first-order valence-electron chi connectivity index (χ1n) is 7.83. The van der Waals surface area contributed by atoms with Crippen molar-refractivity contribution in [3.05, 3.63) is 58.5 Å². The summed E-state index contributed by atoms with van der Waals surface area (Å²) in [6.45, 7) is 10.2. The van der Waals surface area contributed by atoms with Gasteiger partial charge < -0.3 is 0 Å². The normalized spacial score (nSPS) is 20.7. The summed E-state index contributed by atoms with van der Waals surface area (Å²) in [5.41, 5.74) is 4.22. The highest BCUT2D eigenvalue weighted by Gasteiger charge is 2.26. The van der Waals surface area contributed by atoms with Gasteiger partial charge in [0.05, 0.1) is 0 Å². The van der Waals surface area contributed by atoms with E-state index in [-0.39, 0.29) is 11.2 Å². The summed E-state index contributed by atoms with van der Waals surface area (Å²) < 4.78 is 14.1. The van der Waals surface area contributed by atoms with Crippen LogP contribution in [0.4, 0.5) is 4.39 Å². The second kappa shape index (κ2) is 8.07. The Kier molecular flexibility index (Phi) is 6.73. The quantitative estimate of drug-likeness (QED) is 0.345. The molecule has 22 heavy (non-hydrogen) atoms. The average molecular weight is 302 g/mol. The summed E-state index contributed by atoms with van der Waals surface area (Å²) in [4.78, 5) is 10.3. The lowest BCUT2D eigenvalue weighted by atomic mass is 9.72. The second-order valence-electron chi connectivity index (χ2n) is 6.68. The molecule has 0 spiro atoms. The molecule has 0 aromatic heterocycles. The van der Waals surface area contributed by atoms with E-state index >= 15 is 0 Å². The fourth-order valence-electron chi connectivity index (χ4n) is 2.80. The highest BCUT2D eigenvalue weighted by Crippen LogP contribution is 2.40. The molecule has 0 aliphatic heterocycles. The smallest absolute Gasteiger partial charge is 0.143 e. The van der Waals surface area contributed by atoms with Crippen LogP contribution < -0.4 is 0 Å². The van der Waals surface area contributed by atoms with Crippen LogP contribution in [0.1, 0.15) is 53.9 Å². The summed E-state index contributed by atoms with van der Waals surface area (Å²) in [5, 5.41) is 0. The van der Waals surface area contributed by atoms with Crippen LogP contribution >= 0.6 is 0 Å². The molecule has 1 rings (SSSR count). The van der Waals surface area contributed by atoms with Gasteiger partial charge in [0, 0.05) is 0 Å². The zero-order valence-electron chi connectivity index (χ0n) is 14.4. The van der Waals surface area contributed by atoms with Gasteiger partial charge in [-0.15, -0.1) is 0 Å². The molecule has 0 saturated heterocycles. The molecule has 1 aliphatic carbocycles. The zero-order chi connectivity index (χ0) is 16.8. The number of rotatable bonds is 5. The summed E-state index contributed by atoms with van der Waals surface area (Å²) in [6.07, 6.45) is 12.6. The monoisotopic (exact) mass is 302 g/mol. The fourth-order valence-corrected chi connectivity index (χ4v) is 2.80. The van der Waals surface area contributed by atoms with E-state index < -0.39 is 0 Å². The van der Waals surface area contributed by atoms with Crippen molar-refractivity contribution in [2.45, 2.75) is 53.9 Å². The Morgan fingerprint density at radius 2 is 1.86 bits per heavy atom. The minimum absolute atomic E-state index is 0.161. The van der Waals surface area contributed by atoms with Crippen molar-refractivity contribution in [3.8, 4) is 0 Å². The molecule has 120 valence electrons. The lowest BCUT2D eigenvalue weighted by Crippen LogP contribution is -2.19. The van der Waals surface area contributed by atoms with Crippen LogP contribution in [0, 0.1) is 5.41 Å². The fraction of sp³-hybridized carbons (Fsp3) is 0.450. The highest BCUT2D eigenvalue weighted by atomic mass is 19.1. The summed E-state index contributed by atoms with van der Waals surface area (Å²) >= 11 is 0. The number of halogens is 1. The SMILES string of the molecule is CC1=C(/C=C/C(C)=C(F)/C=C\C(C)=C\C=O)C(C)(C)CCC1. The van der Waals surface area contributed by atoms with E-state index in [1.807, 2.05) is 6.08 Å². The van der Waals surface area contributed by atoms with Crippen molar-refractivity contribution >= 4 is 6.29 Å². The minimum Gasteiger partial charge on any atom is -0.299 e. The molecule has 0 aromatic carbocycles. The number of carbonyl (C=O) groups excluding carboxylic acids is 1. The molecular formula is C20H27FO. The first kappa shape index (κ1) is 18.3. The molecule has 1 aliphatic rings. The predicted molar refractivity (Wildman–Crippen MR) is 92.2 cm³/mol. The van der Waals surface area contributed by atoms with E-state index in [0.29, 0.717) is 11.9 Å². The maximum atomic E-state index is 14.1. The molecule has 0 fully saturated rings. The maximum absolute atomic E-state index is 14.1. The van der Waals surface area contributed by atoms with Gasteiger partial charge in [-0.2, -0.15) is 0 Å². The van der Waals surface area contributed by atoms with Crippen LogP contribution in [0.2, 0.25) is 0 Å². The molecule has 0 amide bonds. The Balaban J connectivity index is 2.94. The third-order valence-electron chi connectivity index (χ3n) is 4.24. The number of allylic oxidation sites excluding steroid dienone is 10. The van der Waals surface area contributed by atoms with E-state index in [0.717, 1.165) is 12.0 Å². The van der Waals surface area contributed by atoms with Crippen molar-refractivity contribution in [3.63, 3.8) is 0 Å². The topological polar surface area (TPSA) is 17.1 Å². The van der Waals surface area contributed by atoms with Gasteiger partial charge in [-0.1, -0.05) is 37.6 Å². The third-order valence-corrected chi connectivity index (χ3v) is 4.24. The van der Waals surface area contributed by atoms with Crippen molar-refractivity contribution in [2.75, 3.05) is 0 Å². The number of hydrogen-bond acceptors (Lipinski definition) is 1. The molecule has 0 saturated carbocycles. The molecule has 0 bridgehead atoms. The number of hydrogen-bond donors (Lipinski definition) is 0. The van der Waals surface area contributed by atoms with Gasteiger partial charge >= 0.3 is 0 Å². The van der Waals surface area contributed by atoms with Crippen molar-refractivity contribution in [2.24, 2.45) is 5.41 Å². The van der Waals surface area contributed by atoms with E-state index in [2.05, 4.69) is 26.8 Å². The molecule has 0 atom stereocenters. The zero-order valence-corrected chi connectivity index (χ0v) is 14.4. The third kappa shape index (κ3) is 5.25. The minimum atomic E-state index is -0.276. The molecule has 0 heterocycles. The molecule has 0 unspecified atom stereocenters. The Morgan fingerprint density at radius 3 is 2.45 bits per heavy atom. The van der Waals surface area contributed by atoms with Crippen LogP contribution in [0.3, 0.4) is 0 Å². The van der Waals surface area contributed by atoms with Crippen molar-refractivity contribution in [1.29, 1.82) is 0 Å². The number of aldehydes is 1. The first-order valence-corrected chi connectivity index (χ1v) is 7.83. The highest BCUT2D eigenvalue weighted by molar-refractivity contribution is 5.67.